The van der Waals surface area contributed by atoms with Crippen LogP contribution in [0, 0.1) is 0 Å². The Morgan fingerprint density at radius 3 is 2.12 bits per heavy atom. The Morgan fingerprint density at radius 2 is 1.64 bits per heavy atom. The van der Waals surface area contributed by atoms with E-state index in [-0.39, 0.29) is 45.7 Å². The fraction of sp³-hybridized carbons (Fsp3) is 0.300. The van der Waals surface area contributed by atoms with Crippen molar-refractivity contribution in [2.24, 2.45) is 0 Å². The number of nitrogens with zero attached hydrogens (tertiary/aromatic N) is 1. The fourth-order valence-electron chi connectivity index (χ4n) is 2.26. The van der Waals surface area contributed by atoms with E-state index in [0.29, 0.717) is 0 Å². The number of sulfone groups is 1. The monoisotopic (exact) mass is 508 g/mol. The highest BCUT2D eigenvalue weighted by molar-refractivity contribution is 7.91. The summed E-state index contributed by atoms with van der Waals surface area (Å²) in [7, 11) is -0.962. The zero-order valence-corrected chi connectivity index (χ0v) is 19.2. The molecule has 0 aromatic heterocycles. The molecule has 0 bridgehead atoms. The first-order chi connectivity index (χ1) is 15.1. The van der Waals surface area contributed by atoms with E-state index in [9.17, 15) is 36.3 Å². The van der Waals surface area contributed by atoms with Gasteiger partial charge in [-0.15, -0.1) is 0 Å². The number of carbonyl (C=O) groups is 2. The summed E-state index contributed by atoms with van der Waals surface area (Å²) in [4.78, 5) is 24.3. The summed E-state index contributed by atoms with van der Waals surface area (Å²) >= 11 is 5.96. The number of amides is 2. The maximum Gasteiger partial charge on any atom is 0.426 e. The molecule has 13 heteroatoms. The van der Waals surface area contributed by atoms with E-state index in [1.165, 1.54) is 29.2 Å². The van der Waals surface area contributed by atoms with Gasteiger partial charge < -0.3 is 20.1 Å². The molecule has 2 aromatic carbocycles. The van der Waals surface area contributed by atoms with Gasteiger partial charge in [0.2, 0.25) is 15.4 Å². The average Bonchev–Trinajstić information content (AvgIpc) is 2.72. The van der Waals surface area contributed by atoms with Gasteiger partial charge in [-0.2, -0.15) is 13.2 Å². The van der Waals surface area contributed by atoms with Crippen molar-refractivity contribution in [1.29, 1.82) is 0 Å². The molecule has 0 fully saturated rings. The van der Waals surface area contributed by atoms with Crippen LogP contribution in [0.4, 0.5) is 18.9 Å². The van der Waals surface area contributed by atoms with Crippen molar-refractivity contribution >= 4 is 38.9 Å². The Kier molecular flexibility index (Phi) is 7.67. The van der Waals surface area contributed by atoms with Gasteiger partial charge in [-0.3, -0.25) is 9.59 Å². The molecule has 0 aliphatic carbocycles. The van der Waals surface area contributed by atoms with E-state index < -0.39 is 27.5 Å². The van der Waals surface area contributed by atoms with E-state index in [2.05, 4.69) is 0 Å². The summed E-state index contributed by atoms with van der Waals surface area (Å²) in [5.74, 6) is -1.81. The minimum atomic E-state index is -5.23. The highest BCUT2D eigenvalue weighted by atomic mass is 35.5. The molecule has 0 saturated carbocycles. The zero-order valence-electron chi connectivity index (χ0n) is 17.6. The van der Waals surface area contributed by atoms with Crippen molar-refractivity contribution < 1.29 is 41.0 Å². The number of aliphatic hydroxyl groups is 1. The van der Waals surface area contributed by atoms with Crippen LogP contribution in [0.1, 0.15) is 6.92 Å². The number of hydrogen-bond acceptors (Lipinski definition) is 6. The molecule has 0 radical (unpaired) electrons. The molecule has 0 aliphatic heterocycles. The summed E-state index contributed by atoms with van der Waals surface area (Å²) in [5.41, 5.74) is -4.00. The van der Waals surface area contributed by atoms with Crippen molar-refractivity contribution in [3.8, 4) is 5.75 Å². The molecular weight excluding hydrogens is 489 g/mol. The second-order valence-electron chi connectivity index (χ2n) is 7.22. The third-order valence-corrected chi connectivity index (χ3v) is 6.57. The number of likely N-dealkylation sites (N-methyl/N-ethyl adjacent to an activating group) is 1. The molecule has 2 aromatic rings. The molecule has 0 heterocycles. The maximum absolute atomic E-state index is 12.8. The van der Waals surface area contributed by atoms with Crippen LogP contribution in [0.25, 0.3) is 0 Å². The van der Waals surface area contributed by atoms with Gasteiger partial charge >= 0.3 is 6.18 Å². The summed E-state index contributed by atoms with van der Waals surface area (Å²) in [6.07, 6.45) is -5.23. The first kappa shape index (κ1) is 26.4. The number of rotatable bonds is 7. The van der Waals surface area contributed by atoms with Crippen LogP contribution < -0.4 is 10.1 Å². The molecule has 1 atom stereocenters. The third kappa shape index (κ3) is 5.95. The molecule has 180 valence electrons. The van der Waals surface area contributed by atoms with Gasteiger partial charge in [-0.25, -0.2) is 8.42 Å². The number of carbonyl (C=O) groups excluding carboxylic acids is 2. The van der Waals surface area contributed by atoms with E-state index in [4.69, 9.17) is 16.3 Å². The van der Waals surface area contributed by atoms with Crippen molar-refractivity contribution in [3.63, 3.8) is 0 Å². The van der Waals surface area contributed by atoms with Gasteiger partial charge in [0.25, 0.3) is 11.8 Å². The number of hydrogen-bond donors (Lipinski definition) is 2. The van der Waals surface area contributed by atoms with Crippen LogP contribution >= 0.6 is 11.6 Å². The van der Waals surface area contributed by atoms with Crippen molar-refractivity contribution in [3.05, 3.63) is 47.5 Å². The van der Waals surface area contributed by atoms with Crippen molar-refractivity contribution in [1.82, 2.24) is 4.90 Å². The quantitative estimate of drug-likeness (QED) is 0.594. The number of alkyl halides is 3. The van der Waals surface area contributed by atoms with Crippen LogP contribution in [0.15, 0.2) is 52.3 Å². The first-order valence-corrected chi connectivity index (χ1v) is 11.0. The number of halogens is 4. The van der Waals surface area contributed by atoms with Crippen LogP contribution in [-0.4, -0.2) is 62.7 Å². The predicted molar refractivity (Wildman–Crippen MR) is 113 cm³/mol. The number of benzene rings is 2. The molecule has 2 N–H and O–H groups in total. The largest absolute Gasteiger partial charge is 0.484 e. The normalized spacial score (nSPS) is 13.7. The van der Waals surface area contributed by atoms with E-state index >= 15 is 0 Å². The van der Waals surface area contributed by atoms with Crippen molar-refractivity contribution in [2.75, 3.05) is 26.0 Å². The summed E-state index contributed by atoms with van der Waals surface area (Å²) < 4.78 is 69.3. The number of anilines is 1. The van der Waals surface area contributed by atoms with Gasteiger partial charge in [0, 0.05) is 14.1 Å². The van der Waals surface area contributed by atoms with E-state index in [0.717, 1.165) is 18.2 Å². The highest BCUT2D eigenvalue weighted by Crippen LogP contribution is 2.33. The smallest absolute Gasteiger partial charge is 0.426 e. The summed E-state index contributed by atoms with van der Waals surface area (Å²) in [6, 6.07) is 8.19. The lowest BCUT2D eigenvalue weighted by atomic mass is 10.1. The highest BCUT2D eigenvalue weighted by Gasteiger charge is 2.55. The van der Waals surface area contributed by atoms with Crippen LogP contribution in [0.5, 0.6) is 5.75 Å². The molecule has 0 saturated heterocycles. The third-order valence-electron chi connectivity index (χ3n) is 4.49. The minimum Gasteiger partial charge on any atom is -0.484 e. The molecule has 2 amide bonds. The van der Waals surface area contributed by atoms with Crippen LogP contribution in [0.3, 0.4) is 0 Å². The lowest BCUT2D eigenvalue weighted by Crippen LogP contribution is -2.52. The van der Waals surface area contributed by atoms with Gasteiger partial charge in [0.1, 0.15) is 5.75 Å². The minimum absolute atomic E-state index is 0.137. The van der Waals surface area contributed by atoms with Gasteiger partial charge in [-0.05, 0) is 49.4 Å². The van der Waals surface area contributed by atoms with E-state index in [1.807, 2.05) is 5.32 Å². The van der Waals surface area contributed by atoms with Gasteiger partial charge in [-0.1, -0.05) is 11.6 Å². The van der Waals surface area contributed by atoms with Gasteiger partial charge in [0.05, 0.1) is 20.5 Å². The average molecular weight is 509 g/mol. The van der Waals surface area contributed by atoms with Crippen molar-refractivity contribution in [2.45, 2.75) is 28.5 Å². The maximum atomic E-state index is 12.8. The van der Waals surface area contributed by atoms with Crippen LogP contribution in [-0.2, 0) is 19.4 Å². The van der Waals surface area contributed by atoms with E-state index in [1.54, 1.807) is 14.1 Å². The standard InChI is InChI=1S/C20H20ClF3N2O6S/c1-19(29,20(22,23)24)18(28)25-16-9-8-14(10-15(16)21)33(30,31)13-6-4-12(5-7-13)32-11-17(27)26(2)3/h4-10,29H,11H2,1-3H3,(H,25,28)/t19-/m1/s1. The second kappa shape index (κ2) is 9.57. The predicted octanol–water partition coefficient (Wildman–Crippen LogP) is 2.89. The molecule has 0 unspecified atom stereocenters. The number of nitrogens with one attached hydrogen (secondary N) is 1. The SMILES string of the molecule is CN(C)C(=O)COc1ccc(S(=O)(=O)c2ccc(NC(=O)[C@@](C)(O)C(F)(F)F)c(Cl)c2)cc1. The molecule has 8 nitrogen and oxygen atoms in total. The lowest BCUT2D eigenvalue weighted by molar-refractivity contribution is -0.242. The number of ether oxygens (including phenoxy) is 1. The Morgan fingerprint density at radius 1 is 1.09 bits per heavy atom. The van der Waals surface area contributed by atoms with Crippen LogP contribution in [0.2, 0.25) is 5.02 Å². The summed E-state index contributed by atoms with van der Waals surface area (Å²) in [5, 5.41) is 10.9. The molecule has 33 heavy (non-hydrogen) atoms. The Balaban J connectivity index is 2.21. The second-order valence-corrected chi connectivity index (χ2v) is 9.57. The Hall–Kier alpha value is -2.83. The fourth-order valence-corrected chi connectivity index (χ4v) is 3.84. The molecule has 0 aliphatic rings. The molecular formula is C20H20ClF3N2O6S. The summed E-state index contributed by atoms with van der Waals surface area (Å²) in [6.45, 7) is 0.0436. The topological polar surface area (TPSA) is 113 Å². The molecule has 0 spiro atoms. The lowest BCUT2D eigenvalue weighted by Gasteiger charge is -2.25. The van der Waals surface area contributed by atoms with Gasteiger partial charge in [0.15, 0.2) is 6.61 Å². The Labute approximate surface area is 192 Å². The molecule has 2 rings (SSSR count). The Bertz CT molecular complexity index is 1150. The zero-order chi connectivity index (χ0) is 25.2. The first-order valence-electron chi connectivity index (χ1n) is 9.15.